The summed E-state index contributed by atoms with van der Waals surface area (Å²) in [6, 6.07) is 81.2. The topological polar surface area (TPSA) is 16.4 Å². The summed E-state index contributed by atoms with van der Waals surface area (Å²) >= 11 is 1.87. The second-order valence-corrected chi connectivity index (χ2v) is 16.7. The minimum Gasteiger partial charge on any atom is -0.455 e. The van der Waals surface area contributed by atoms with Gasteiger partial charge in [0.05, 0.1) is 5.69 Å². The van der Waals surface area contributed by atoms with Crippen LogP contribution in [0.3, 0.4) is 0 Å². The first-order valence-corrected chi connectivity index (χ1v) is 21.6. The molecule has 0 N–H and O–H groups in total. The molecular formula is C58H37NOS. The summed E-state index contributed by atoms with van der Waals surface area (Å²) in [5.41, 5.74) is 14.5. The van der Waals surface area contributed by atoms with Gasteiger partial charge in [0.1, 0.15) is 11.2 Å². The van der Waals surface area contributed by atoms with E-state index < -0.39 is 0 Å². The number of fused-ring (bicyclic) bond motifs is 7. The maximum atomic E-state index is 6.46. The molecule has 0 atom stereocenters. The lowest BCUT2D eigenvalue weighted by Gasteiger charge is -2.28. The molecule has 0 radical (unpaired) electrons. The van der Waals surface area contributed by atoms with E-state index in [-0.39, 0.29) is 0 Å². The number of rotatable bonds is 7. The maximum absolute atomic E-state index is 6.46. The first-order valence-electron chi connectivity index (χ1n) is 20.7. The molecule has 0 spiro atoms. The summed E-state index contributed by atoms with van der Waals surface area (Å²) < 4.78 is 9.06. The van der Waals surface area contributed by atoms with Crippen LogP contribution in [-0.2, 0) is 0 Å². The molecule has 2 aromatic heterocycles. The van der Waals surface area contributed by atoms with Gasteiger partial charge in [-0.3, -0.25) is 0 Å². The number of benzene rings is 10. The average Bonchev–Trinajstić information content (AvgIpc) is 3.91. The Morgan fingerprint density at radius 2 is 0.918 bits per heavy atom. The summed E-state index contributed by atoms with van der Waals surface area (Å²) in [4.78, 5) is 2.41. The monoisotopic (exact) mass is 795 g/mol. The number of anilines is 3. The van der Waals surface area contributed by atoms with Crippen molar-refractivity contribution in [1.29, 1.82) is 0 Å². The molecule has 0 aliphatic carbocycles. The smallest absolute Gasteiger partial charge is 0.143 e. The van der Waals surface area contributed by atoms with Crippen molar-refractivity contribution in [2.24, 2.45) is 0 Å². The summed E-state index contributed by atoms with van der Waals surface area (Å²) in [6.07, 6.45) is 0. The lowest BCUT2D eigenvalue weighted by atomic mass is 9.97. The molecule has 0 aliphatic heterocycles. The minimum atomic E-state index is 0.905. The van der Waals surface area contributed by atoms with Crippen LogP contribution < -0.4 is 4.90 Å². The molecule has 286 valence electrons. The van der Waals surface area contributed by atoms with Crippen molar-refractivity contribution in [3.63, 3.8) is 0 Å². The Hall–Kier alpha value is -7.72. The SMILES string of the molecule is c1cc(-c2ccc(N(c3ccc(-c4cccc5c4oc4ccccc45)cc3)c3ccccc3-c3cccc4c3sc3ccccc34)cc2)cc(-c2ccc3ccccc3c2)c1. The fourth-order valence-electron chi connectivity index (χ4n) is 9.10. The molecule has 0 amide bonds. The molecule has 12 rings (SSSR count). The van der Waals surface area contributed by atoms with Gasteiger partial charge in [-0.25, -0.2) is 0 Å². The van der Waals surface area contributed by atoms with Crippen molar-refractivity contribution in [3.8, 4) is 44.5 Å². The second kappa shape index (κ2) is 14.5. The molecule has 0 unspecified atom stereocenters. The number of thiophene rings is 1. The zero-order valence-corrected chi connectivity index (χ0v) is 33.9. The number of nitrogens with zero attached hydrogens (tertiary/aromatic N) is 1. The Balaban J connectivity index is 0.978. The quantitative estimate of drug-likeness (QED) is 0.160. The van der Waals surface area contributed by atoms with Gasteiger partial charge in [-0.2, -0.15) is 0 Å². The highest BCUT2D eigenvalue weighted by molar-refractivity contribution is 7.26. The van der Waals surface area contributed by atoms with E-state index in [1.165, 1.54) is 64.3 Å². The van der Waals surface area contributed by atoms with E-state index in [0.29, 0.717) is 0 Å². The number of hydrogen-bond acceptors (Lipinski definition) is 3. The van der Waals surface area contributed by atoms with Gasteiger partial charge in [0.15, 0.2) is 0 Å². The fraction of sp³-hybridized carbons (Fsp3) is 0. The molecule has 61 heavy (non-hydrogen) atoms. The van der Waals surface area contributed by atoms with E-state index >= 15 is 0 Å². The third-order valence-electron chi connectivity index (χ3n) is 12.1. The van der Waals surface area contributed by atoms with Crippen LogP contribution in [0.15, 0.2) is 229 Å². The van der Waals surface area contributed by atoms with E-state index in [4.69, 9.17) is 4.42 Å². The number of furan rings is 1. The van der Waals surface area contributed by atoms with Crippen LogP contribution in [0.1, 0.15) is 0 Å². The predicted molar refractivity (Wildman–Crippen MR) is 261 cm³/mol. The predicted octanol–water partition coefficient (Wildman–Crippen LogP) is 17.2. The summed E-state index contributed by atoms with van der Waals surface area (Å²) in [5, 5.41) is 7.36. The summed E-state index contributed by atoms with van der Waals surface area (Å²) in [7, 11) is 0. The van der Waals surface area contributed by atoms with E-state index in [1.807, 2.05) is 23.5 Å². The standard InChI is InChI=1S/C58H37NOS/c1-2-13-41-37-44(27-26-38(41)12-1)43-15-9-14-42(36-43)39-28-32-45(33-29-39)59(46-34-30-40(31-35-46)47-19-10-20-51-49-17-4-7-24-55(49)60-57(47)51)54-23-6-3-16-48(54)52-21-11-22-53-50-18-5-8-25-56(50)61-58(52)53/h1-37H. The van der Waals surface area contributed by atoms with Gasteiger partial charge in [-0.15, -0.1) is 11.3 Å². The number of para-hydroxylation sites is 3. The van der Waals surface area contributed by atoms with Crippen molar-refractivity contribution in [2.45, 2.75) is 0 Å². The fourth-order valence-corrected chi connectivity index (χ4v) is 10.3. The van der Waals surface area contributed by atoms with E-state index in [9.17, 15) is 0 Å². The Kier molecular flexibility index (Phi) is 8.39. The normalized spacial score (nSPS) is 11.6. The van der Waals surface area contributed by atoms with Crippen molar-refractivity contribution >= 4 is 81.3 Å². The Labute approximate surface area is 357 Å². The van der Waals surface area contributed by atoms with Gasteiger partial charge in [-0.1, -0.05) is 170 Å². The highest BCUT2D eigenvalue weighted by Gasteiger charge is 2.20. The Bertz CT molecular complexity index is 3590. The third kappa shape index (κ3) is 6.09. The average molecular weight is 796 g/mol. The van der Waals surface area contributed by atoms with Gasteiger partial charge < -0.3 is 9.32 Å². The van der Waals surface area contributed by atoms with Gasteiger partial charge in [0.25, 0.3) is 0 Å². The van der Waals surface area contributed by atoms with Crippen molar-refractivity contribution < 1.29 is 4.42 Å². The summed E-state index contributed by atoms with van der Waals surface area (Å²) in [5.74, 6) is 0. The first-order chi connectivity index (χ1) is 30.2. The van der Waals surface area contributed by atoms with Crippen LogP contribution in [-0.4, -0.2) is 0 Å². The minimum absolute atomic E-state index is 0.905. The van der Waals surface area contributed by atoms with E-state index in [0.717, 1.165) is 50.1 Å². The molecule has 0 fully saturated rings. The summed E-state index contributed by atoms with van der Waals surface area (Å²) in [6.45, 7) is 0. The molecule has 0 aliphatic rings. The highest BCUT2D eigenvalue weighted by Crippen LogP contribution is 2.47. The van der Waals surface area contributed by atoms with E-state index in [1.54, 1.807) is 0 Å². The Morgan fingerprint density at radius 1 is 0.344 bits per heavy atom. The van der Waals surface area contributed by atoms with E-state index in [2.05, 4.69) is 217 Å². The van der Waals surface area contributed by atoms with Gasteiger partial charge in [-0.05, 0) is 93.2 Å². The van der Waals surface area contributed by atoms with Crippen LogP contribution in [0.2, 0.25) is 0 Å². The van der Waals surface area contributed by atoms with Gasteiger partial charge in [0, 0.05) is 59.0 Å². The lowest BCUT2D eigenvalue weighted by Crippen LogP contribution is -2.11. The largest absolute Gasteiger partial charge is 0.455 e. The second-order valence-electron chi connectivity index (χ2n) is 15.7. The van der Waals surface area contributed by atoms with Crippen LogP contribution >= 0.6 is 11.3 Å². The lowest BCUT2D eigenvalue weighted by molar-refractivity contribution is 0.670. The molecule has 2 heterocycles. The molecule has 2 nitrogen and oxygen atoms in total. The molecule has 0 saturated heterocycles. The zero-order valence-electron chi connectivity index (χ0n) is 33.1. The van der Waals surface area contributed by atoms with Crippen LogP contribution in [0.4, 0.5) is 17.1 Å². The van der Waals surface area contributed by atoms with Crippen molar-refractivity contribution in [2.75, 3.05) is 4.90 Å². The van der Waals surface area contributed by atoms with Gasteiger partial charge >= 0.3 is 0 Å². The molecule has 0 bridgehead atoms. The first kappa shape index (κ1) is 35.2. The van der Waals surface area contributed by atoms with Crippen LogP contribution in [0, 0.1) is 0 Å². The molecular weight excluding hydrogens is 759 g/mol. The van der Waals surface area contributed by atoms with Gasteiger partial charge in [0.2, 0.25) is 0 Å². The maximum Gasteiger partial charge on any atom is 0.143 e. The zero-order chi connectivity index (χ0) is 40.3. The third-order valence-corrected chi connectivity index (χ3v) is 13.3. The van der Waals surface area contributed by atoms with Crippen molar-refractivity contribution in [1.82, 2.24) is 0 Å². The number of hydrogen-bond donors (Lipinski definition) is 0. The molecule has 0 saturated carbocycles. The van der Waals surface area contributed by atoms with Crippen molar-refractivity contribution in [3.05, 3.63) is 224 Å². The molecule has 10 aromatic carbocycles. The highest BCUT2D eigenvalue weighted by atomic mass is 32.1. The Morgan fingerprint density at radius 3 is 1.75 bits per heavy atom. The molecule has 12 aromatic rings. The van der Waals surface area contributed by atoms with Crippen LogP contribution in [0.25, 0.3) is 97.4 Å². The van der Waals surface area contributed by atoms with Crippen LogP contribution in [0.5, 0.6) is 0 Å². The molecule has 3 heteroatoms.